The number of nitrogens with zero attached hydrogens (tertiary/aromatic N) is 5. The Kier molecular flexibility index (Phi) is 4.92. The molecule has 8 nitrogen and oxygen atoms in total. The van der Waals surface area contributed by atoms with E-state index >= 15 is 0 Å². The van der Waals surface area contributed by atoms with Gasteiger partial charge in [0.1, 0.15) is 12.3 Å². The molecule has 0 aliphatic carbocycles. The van der Waals surface area contributed by atoms with Gasteiger partial charge in [0.2, 0.25) is 0 Å². The van der Waals surface area contributed by atoms with Crippen LogP contribution in [-0.2, 0) is 24.3 Å². The van der Waals surface area contributed by atoms with Crippen LogP contribution >= 0.6 is 0 Å². The van der Waals surface area contributed by atoms with Gasteiger partial charge in [0.15, 0.2) is 0 Å². The van der Waals surface area contributed by atoms with E-state index in [1.54, 1.807) is 15.8 Å². The molecule has 150 valence electrons. The number of imide groups is 1. The summed E-state index contributed by atoms with van der Waals surface area (Å²) >= 11 is 0. The van der Waals surface area contributed by atoms with Gasteiger partial charge in [-0.1, -0.05) is 36.3 Å². The maximum Gasteiger partial charge on any atom is 0.332 e. The Hall–Kier alpha value is -3.42. The van der Waals surface area contributed by atoms with Gasteiger partial charge in [-0.05, 0) is 31.4 Å². The van der Waals surface area contributed by atoms with Crippen molar-refractivity contribution in [2.45, 2.75) is 40.3 Å². The van der Waals surface area contributed by atoms with Crippen LogP contribution in [0.1, 0.15) is 35.1 Å². The monoisotopic (exact) mass is 393 g/mol. The molecule has 0 radical (unpaired) electrons. The van der Waals surface area contributed by atoms with Crippen LogP contribution in [-0.4, -0.2) is 38.3 Å². The number of aromatic nitrogens is 3. The Morgan fingerprint density at radius 3 is 2.66 bits per heavy atom. The van der Waals surface area contributed by atoms with Crippen molar-refractivity contribution in [2.75, 3.05) is 11.4 Å². The van der Waals surface area contributed by atoms with Gasteiger partial charge in [-0.25, -0.2) is 9.69 Å². The van der Waals surface area contributed by atoms with Crippen molar-refractivity contribution in [1.82, 2.24) is 19.8 Å². The number of benzene rings is 1. The molecule has 0 saturated carbocycles. The van der Waals surface area contributed by atoms with Crippen LogP contribution in [0.5, 0.6) is 0 Å². The summed E-state index contributed by atoms with van der Waals surface area (Å²) in [7, 11) is 0. The quantitative estimate of drug-likeness (QED) is 0.601. The molecule has 3 aromatic rings. The van der Waals surface area contributed by atoms with Gasteiger partial charge < -0.3 is 9.42 Å². The first-order valence-corrected chi connectivity index (χ1v) is 9.60. The highest BCUT2D eigenvalue weighted by molar-refractivity contribution is 6.19. The number of rotatable bonds is 6. The lowest BCUT2D eigenvalue weighted by Crippen LogP contribution is -2.32. The fourth-order valence-corrected chi connectivity index (χ4v) is 3.54. The smallest absolute Gasteiger partial charge is 0.332 e. The summed E-state index contributed by atoms with van der Waals surface area (Å²) in [5.41, 5.74) is 4.43. The maximum atomic E-state index is 12.9. The van der Waals surface area contributed by atoms with E-state index in [-0.39, 0.29) is 18.5 Å². The zero-order valence-corrected chi connectivity index (χ0v) is 16.8. The van der Waals surface area contributed by atoms with Crippen molar-refractivity contribution >= 4 is 17.6 Å². The standard InChI is InChI=1S/C21H23N5O3/c1-4-16-6-5-7-17(8-16)10-24-13-20(27)26(21(24)28)18-9-22-25(11-18)12-19-14(2)23-29-15(19)3/h5-9,11H,4,10,12-13H2,1-3H3. The van der Waals surface area contributed by atoms with Crippen LogP contribution in [0.15, 0.2) is 41.2 Å². The van der Waals surface area contributed by atoms with Crippen molar-refractivity contribution in [2.24, 2.45) is 0 Å². The first kappa shape index (κ1) is 18.9. The van der Waals surface area contributed by atoms with Gasteiger partial charge in [-0.3, -0.25) is 9.48 Å². The van der Waals surface area contributed by atoms with Crippen molar-refractivity contribution in [3.63, 3.8) is 0 Å². The molecule has 2 aromatic heterocycles. The summed E-state index contributed by atoms with van der Waals surface area (Å²) in [5.74, 6) is 0.479. The van der Waals surface area contributed by atoms with Crippen molar-refractivity contribution in [1.29, 1.82) is 0 Å². The molecule has 3 heterocycles. The van der Waals surface area contributed by atoms with Crippen LogP contribution in [0.25, 0.3) is 0 Å². The van der Waals surface area contributed by atoms with E-state index in [4.69, 9.17) is 4.52 Å². The SMILES string of the molecule is CCc1cccc(CN2CC(=O)N(c3cnn(Cc4c(C)noc4C)c3)C2=O)c1. The highest BCUT2D eigenvalue weighted by Gasteiger charge is 2.37. The molecule has 8 heteroatoms. The lowest BCUT2D eigenvalue weighted by atomic mass is 10.1. The predicted molar refractivity (Wildman–Crippen MR) is 106 cm³/mol. The number of hydrogen-bond acceptors (Lipinski definition) is 5. The Bertz CT molecular complexity index is 1050. The van der Waals surface area contributed by atoms with E-state index < -0.39 is 0 Å². The fourth-order valence-electron chi connectivity index (χ4n) is 3.54. The summed E-state index contributed by atoms with van der Waals surface area (Å²) in [6.45, 7) is 6.73. The number of aryl methyl sites for hydroxylation is 3. The Labute approximate surface area is 168 Å². The number of amides is 3. The molecule has 1 saturated heterocycles. The van der Waals surface area contributed by atoms with Crippen LogP contribution in [0.2, 0.25) is 0 Å². The highest BCUT2D eigenvalue weighted by atomic mass is 16.5. The normalized spacial score (nSPS) is 14.3. The van der Waals surface area contributed by atoms with Crippen molar-refractivity contribution < 1.29 is 14.1 Å². The van der Waals surface area contributed by atoms with Crippen LogP contribution in [0.3, 0.4) is 0 Å². The lowest BCUT2D eigenvalue weighted by Gasteiger charge is -2.16. The molecular formula is C21H23N5O3. The van der Waals surface area contributed by atoms with E-state index in [9.17, 15) is 9.59 Å². The minimum atomic E-state index is -0.325. The molecule has 4 rings (SSSR count). The minimum Gasteiger partial charge on any atom is -0.361 e. The molecule has 0 spiro atoms. The van der Waals surface area contributed by atoms with Gasteiger partial charge in [0, 0.05) is 18.3 Å². The molecule has 29 heavy (non-hydrogen) atoms. The van der Waals surface area contributed by atoms with Gasteiger partial charge in [-0.15, -0.1) is 0 Å². The van der Waals surface area contributed by atoms with Crippen LogP contribution in [0, 0.1) is 13.8 Å². The molecule has 0 bridgehead atoms. The summed E-state index contributed by atoms with van der Waals surface area (Å²) in [5, 5.41) is 8.24. The third kappa shape index (κ3) is 3.65. The maximum absolute atomic E-state index is 12.9. The second-order valence-electron chi connectivity index (χ2n) is 7.24. The number of carbonyl (C=O) groups excluding carboxylic acids is 2. The molecule has 1 fully saturated rings. The van der Waals surface area contributed by atoms with Gasteiger partial charge in [-0.2, -0.15) is 5.10 Å². The second-order valence-corrected chi connectivity index (χ2v) is 7.24. The summed E-state index contributed by atoms with van der Waals surface area (Å²) in [6.07, 6.45) is 4.16. The molecule has 3 amide bonds. The zero-order valence-electron chi connectivity index (χ0n) is 16.8. The van der Waals surface area contributed by atoms with E-state index in [2.05, 4.69) is 29.3 Å². The molecule has 0 N–H and O–H groups in total. The summed E-state index contributed by atoms with van der Waals surface area (Å²) in [6, 6.07) is 7.75. The first-order valence-electron chi connectivity index (χ1n) is 9.60. The van der Waals surface area contributed by atoms with E-state index in [1.165, 1.54) is 16.7 Å². The van der Waals surface area contributed by atoms with Gasteiger partial charge >= 0.3 is 6.03 Å². The molecule has 1 aromatic carbocycles. The predicted octanol–water partition coefficient (Wildman–Crippen LogP) is 3.07. The van der Waals surface area contributed by atoms with E-state index in [0.29, 0.717) is 18.8 Å². The fraction of sp³-hybridized carbons (Fsp3) is 0.333. The number of hydrogen-bond donors (Lipinski definition) is 0. The Morgan fingerprint density at radius 2 is 1.93 bits per heavy atom. The molecular weight excluding hydrogens is 370 g/mol. The first-order chi connectivity index (χ1) is 14.0. The molecule has 0 unspecified atom stereocenters. The minimum absolute atomic E-state index is 0.0598. The third-order valence-corrected chi connectivity index (χ3v) is 5.19. The lowest BCUT2D eigenvalue weighted by molar-refractivity contribution is -0.116. The zero-order chi connectivity index (χ0) is 20.5. The highest BCUT2D eigenvalue weighted by Crippen LogP contribution is 2.23. The van der Waals surface area contributed by atoms with Crippen LogP contribution < -0.4 is 4.90 Å². The van der Waals surface area contributed by atoms with Crippen LogP contribution in [0.4, 0.5) is 10.5 Å². The third-order valence-electron chi connectivity index (χ3n) is 5.19. The molecule has 1 aliphatic rings. The van der Waals surface area contributed by atoms with E-state index in [1.807, 2.05) is 26.0 Å². The topological polar surface area (TPSA) is 84.5 Å². The Morgan fingerprint density at radius 1 is 1.14 bits per heavy atom. The number of urea groups is 1. The van der Waals surface area contributed by atoms with E-state index in [0.717, 1.165) is 29.0 Å². The van der Waals surface area contributed by atoms with Gasteiger partial charge in [0.05, 0.1) is 24.1 Å². The van der Waals surface area contributed by atoms with Crippen molar-refractivity contribution in [3.8, 4) is 0 Å². The van der Waals surface area contributed by atoms with Gasteiger partial charge in [0.25, 0.3) is 5.91 Å². The largest absolute Gasteiger partial charge is 0.361 e. The molecule has 0 atom stereocenters. The number of carbonyl (C=O) groups is 2. The molecule has 1 aliphatic heterocycles. The summed E-state index contributed by atoms with van der Waals surface area (Å²) in [4.78, 5) is 28.2. The van der Waals surface area contributed by atoms with Crippen molar-refractivity contribution in [3.05, 3.63) is 64.8 Å². The second kappa shape index (κ2) is 7.54. The summed E-state index contributed by atoms with van der Waals surface area (Å²) < 4.78 is 6.86. The Balaban J connectivity index is 1.50. The number of anilines is 1. The average Bonchev–Trinajstić information content (AvgIpc) is 3.37. The average molecular weight is 393 g/mol.